The van der Waals surface area contributed by atoms with E-state index in [0.29, 0.717) is 33.5 Å². The number of aliphatic hydroxyl groups excluding tert-OH is 2. The van der Waals surface area contributed by atoms with Gasteiger partial charge < -0.3 is 19.8 Å². The fourth-order valence-corrected chi connectivity index (χ4v) is 4.58. The van der Waals surface area contributed by atoms with Gasteiger partial charge >= 0.3 is 5.97 Å². The molecule has 186 valence electrons. The molecule has 0 radical (unpaired) electrons. The number of ether oxygens (including phenoxy) is 1. The highest BCUT2D eigenvalue weighted by atomic mass is 16.5. The van der Waals surface area contributed by atoms with E-state index in [1.165, 1.54) is 4.90 Å². The van der Waals surface area contributed by atoms with Crippen molar-refractivity contribution in [3.63, 3.8) is 0 Å². The molecule has 3 atom stereocenters. The molecule has 0 saturated heterocycles. The van der Waals surface area contributed by atoms with Gasteiger partial charge in [-0.3, -0.25) is 9.59 Å². The van der Waals surface area contributed by atoms with Gasteiger partial charge in [0.2, 0.25) is 0 Å². The standard InChI is InChI=1S/C31H27NO5/c1-20(23-10-7-11-24(18-23)28(33)22-8-3-2-4-9-22)31(36)37-19-21-14-16-25(17-15-21)32-29(34)26-12-5-6-13-27(26)30(32)35/h2-18,20,29-30,34-35H,19H2,1H3. The number of carbonyl (C=O) groups is 2. The molecule has 2 N–H and O–H groups in total. The third-order valence-electron chi connectivity index (χ3n) is 6.73. The lowest BCUT2D eigenvalue weighted by molar-refractivity contribution is -0.146. The second-order valence-electron chi connectivity index (χ2n) is 9.10. The van der Waals surface area contributed by atoms with E-state index in [0.717, 1.165) is 5.56 Å². The zero-order valence-electron chi connectivity index (χ0n) is 20.3. The van der Waals surface area contributed by atoms with E-state index in [4.69, 9.17) is 4.74 Å². The maximum atomic E-state index is 12.8. The van der Waals surface area contributed by atoms with Crippen molar-refractivity contribution in [2.75, 3.05) is 4.90 Å². The van der Waals surface area contributed by atoms with E-state index >= 15 is 0 Å². The van der Waals surface area contributed by atoms with E-state index in [9.17, 15) is 19.8 Å². The van der Waals surface area contributed by atoms with E-state index in [1.54, 1.807) is 73.7 Å². The van der Waals surface area contributed by atoms with Gasteiger partial charge in [-0.25, -0.2) is 0 Å². The summed E-state index contributed by atoms with van der Waals surface area (Å²) in [5.74, 6) is -1.04. The van der Waals surface area contributed by atoms with E-state index in [-0.39, 0.29) is 12.4 Å². The summed E-state index contributed by atoms with van der Waals surface area (Å²) in [5, 5.41) is 21.3. The number of esters is 1. The molecular formula is C31H27NO5. The highest BCUT2D eigenvalue weighted by molar-refractivity contribution is 6.09. The summed E-state index contributed by atoms with van der Waals surface area (Å²) in [7, 11) is 0. The smallest absolute Gasteiger partial charge is 0.313 e. The van der Waals surface area contributed by atoms with Gasteiger partial charge in [-0.2, -0.15) is 0 Å². The van der Waals surface area contributed by atoms with Crippen LogP contribution in [-0.2, 0) is 16.1 Å². The lowest BCUT2D eigenvalue weighted by Gasteiger charge is -2.26. The molecule has 0 saturated carbocycles. The first kappa shape index (κ1) is 24.4. The van der Waals surface area contributed by atoms with Crippen LogP contribution in [0.3, 0.4) is 0 Å². The Hall–Kier alpha value is -4.26. The maximum Gasteiger partial charge on any atom is 0.313 e. The molecule has 37 heavy (non-hydrogen) atoms. The Bertz CT molecular complexity index is 1390. The summed E-state index contributed by atoms with van der Waals surface area (Å²) in [6.45, 7) is 1.84. The fourth-order valence-electron chi connectivity index (χ4n) is 4.58. The van der Waals surface area contributed by atoms with Crippen LogP contribution in [0.4, 0.5) is 5.69 Å². The first-order chi connectivity index (χ1) is 17.9. The van der Waals surface area contributed by atoms with Crippen molar-refractivity contribution in [3.05, 3.63) is 137 Å². The fraction of sp³-hybridized carbons (Fsp3) is 0.161. The quantitative estimate of drug-likeness (QED) is 0.270. The van der Waals surface area contributed by atoms with Crippen molar-refractivity contribution in [1.29, 1.82) is 0 Å². The molecule has 5 rings (SSSR count). The van der Waals surface area contributed by atoms with E-state index in [2.05, 4.69) is 0 Å². The van der Waals surface area contributed by atoms with Crippen LogP contribution in [0.2, 0.25) is 0 Å². The van der Waals surface area contributed by atoms with Gasteiger partial charge in [-0.15, -0.1) is 0 Å². The number of nitrogens with zero attached hydrogens (tertiary/aromatic N) is 1. The number of anilines is 1. The third-order valence-corrected chi connectivity index (χ3v) is 6.73. The zero-order valence-corrected chi connectivity index (χ0v) is 20.3. The largest absolute Gasteiger partial charge is 0.460 e. The normalized spacial score (nSPS) is 17.2. The number of hydrogen-bond donors (Lipinski definition) is 2. The Morgan fingerprint density at radius 2 is 1.38 bits per heavy atom. The van der Waals surface area contributed by atoms with Gasteiger partial charge in [0.1, 0.15) is 6.61 Å². The molecule has 4 aromatic rings. The van der Waals surface area contributed by atoms with Crippen molar-refractivity contribution in [3.8, 4) is 0 Å². The highest BCUT2D eigenvalue weighted by Gasteiger charge is 2.36. The lowest BCUT2D eigenvalue weighted by Crippen LogP contribution is -2.25. The average Bonchev–Trinajstić information content (AvgIpc) is 3.21. The predicted molar refractivity (Wildman–Crippen MR) is 140 cm³/mol. The van der Waals surface area contributed by atoms with E-state index < -0.39 is 24.3 Å². The third kappa shape index (κ3) is 4.89. The zero-order chi connectivity index (χ0) is 25.9. The highest BCUT2D eigenvalue weighted by Crippen LogP contribution is 2.42. The Balaban J connectivity index is 1.22. The molecule has 1 aliphatic heterocycles. The van der Waals surface area contributed by atoms with Gasteiger partial charge in [0.25, 0.3) is 0 Å². The van der Waals surface area contributed by atoms with Crippen LogP contribution in [0, 0.1) is 0 Å². The molecule has 0 amide bonds. The van der Waals surface area contributed by atoms with Crippen LogP contribution < -0.4 is 4.90 Å². The molecule has 0 fully saturated rings. The summed E-state index contributed by atoms with van der Waals surface area (Å²) in [4.78, 5) is 27.1. The molecular weight excluding hydrogens is 466 g/mol. The first-order valence-electron chi connectivity index (χ1n) is 12.1. The Morgan fingerprint density at radius 1 is 0.784 bits per heavy atom. The summed E-state index contributed by atoms with van der Waals surface area (Å²) in [5.41, 5.74) is 4.60. The Kier molecular flexibility index (Phi) is 6.86. The molecule has 3 unspecified atom stereocenters. The van der Waals surface area contributed by atoms with Crippen LogP contribution in [0.5, 0.6) is 0 Å². The van der Waals surface area contributed by atoms with Crippen molar-refractivity contribution < 1.29 is 24.5 Å². The van der Waals surface area contributed by atoms with Crippen LogP contribution in [0.1, 0.15) is 63.5 Å². The van der Waals surface area contributed by atoms with Gasteiger partial charge in [0.05, 0.1) is 5.92 Å². The first-order valence-corrected chi connectivity index (χ1v) is 12.1. The molecule has 1 aliphatic rings. The van der Waals surface area contributed by atoms with Gasteiger partial charge in [0.15, 0.2) is 18.2 Å². The summed E-state index contributed by atoms with van der Waals surface area (Å²) in [6.07, 6.45) is -1.89. The molecule has 0 aromatic heterocycles. The number of carbonyl (C=O) groups excluding carboxylic acids is 2. The maximum absolute atomic E-state index is 12.8. The molecule has 1 heterocycles. The monoisotopic (exact) mass is 493 g/mol. The molecule has 4 aromatic carbocycles. The Labute approximate surface area is 215 Å². The van der Waals surface area contributed by atoms with Crippen LogP contribution in [0.15, 0.2) is 103 Å². The molecule has 6 nitrogen and oxygen atoms in total. The van der Waals surface area contributed by atoms with Crippen molar-refractivity contribution >= 4 is 17.4 Å². The number of aliphatic hydroxyl groups is 2. The topological polar surface area (TPSA) is 87.1 Å². The molecule has 0 aliphatic carbocycles. The number of rotatable bonds is 7. The summed E-state index contributed by atoms with van der Waals surface area (Å²) < 4.78 is 5.55. The van der Waals surface area contributed by atoms with Gasteiger partial charge in [-0.05, 0) is 36.2 Å². The van der Waals surface area contributed by atoms with Crippen molar-refractivity contribution in [2.24, 2.45) is 0 Å². The van der Waals surface area contributed by atoms with Crippen molar-refractivity contribution in [2.45, 2.75) is 31.9 Å². The summed E-state index contributed by atoms with van der Waals surface area (Å²) in [6, 6.07) is 30.5. The summed E-state index contributed by atoms with van der Waals surface area (Å²) >= 11 is 0. The van der Waals surface area contributed by atoms with Crippen molar-refractivity contribution in [1.82, 2.24) is 0 Å². The number of fused-ring (bicyclic) bond motifs is 1. The molecule has 0 spiro atoms. The molecule has 6 heteroatoms. The second-order valence-corrected chi connectivity index (χ2v) is 9.10. The van der Waals surface area contributed by atoms with Crippen LogP contribution in [-0.4, -0.2) is 22.0 Å². The van der Waals surface area contributed by atoms with E-state index in [1.807, 2.05) is 36.4 Å². The number of benzene rings is 4. The second kappa shape index (κ2) is 10.4. The lowest BCUT2D eigenvalue weighted by atomic mass is 9.96. The van der Waals surface area contributed by atoms with Crippen LogP contribution in [0.25, 0.3) is 0 Å². The Morgan fingerprint density at radius 3 is 2.03 bits per heavy atom. The minimum atomic E-state index is -0.944. The molecule has 0 bridgehead atoms. The predicted octanol–water partition coefficient (Wildman–Crippen LogP) is 5.27. The minimum Gasteiger partial charge on any atom is -0.460 e. The van der Waals surface area contributed by atoms with Gasteiger partial charge in [0, 0.05) is 27.9 Å². The number of ketones is 1. The number of hydrogen-bond acceptors (Lipinski definition) is 6. The van der Waals surface area contributed by atoms with Gasteiger partial charge in [-0.1, -0.05) is 84.9 Å². The SMILES string of the molecule is CC(C(=O)OCc1ccc(N2C(O)c3ccccc3C2O)cc1)c1cccc(C(=O)c2ccccc2)c1. The van der Waals surface area contributed by atoms with Crippen LogP contribution >= 0.6 is 0 Å². The average molecular weight is 494 g/mol. The minimum absolute atomic E-state index is 0.0808.